The van der Waals surface area contributed by atoms with E-state index in [9.17, 15) is 5.11 Å². The number of ether oxygens (including phenoxy) is 1. The Bertz CT molecular complexity index is 741. The Morgan fingerprint density at radius 3 is 2.36 bits per heavy atom. The highest BCUT2D eigenvalue weighted by atomic mass is 32.1. The lowest BCUT2D eigenvalue weighted by molar-refractivity contribution is 0.104. The van der Waals surface area contributed by atoms with E-state index in [-0.39, 0.29) is 12.6 Å². The first-order chi connectivity index (χ1) is 12.2. The molecule has 0 fully saturated rings. The maximum absolute atomic E-state index is 10.1. The summed E-state index contributed by atoms with van der Waals surface area (Å²) in [4.78, 5) is 1.27. The third-order valence-electron chi connectivity index (χ3n) is 4.03. The van der Waals surface area contributed by atoms with Gasteiger partial charge in [-0.1, -0.05) is 48.5 Å². The van der Waals surface area contributed by atoms with Crippen LogP contribution in [0.15, 0.2) is 72.1 Å². The van der Waals surface area contributed by atoms with E-state index in [4.69, 9.17) is 4.74 Å². The van der Waals surface area contributed by atoms with Crippen LogP contribution in [0.25, 0.3) is 11.1 Å². The number of benzene rings is 2. The molecule has 0 amide bonds. The predicted molar refractivity (Wildman–Crippen MR) is 104 cm³/mol. The van der Waals surface area contributed by atoms with Crippen LogP contribution in [-0.4, -0.2) is 24.4 Å². The minimum atomic E-state index is -0.545. The van der Waals surface area contributed by atoms with Gasteiger partial charge in [-0.25, -0.2) is 0 Å². The van der Waals surface area contributed by atoms with Gasteiger partial charge in [0.05, 0.1) is 0 Å². The molecule has 0 aliphatic rings. The van der Waals surface area contributed by atoms with E-state index < -0.39 is 6.10 Å². The van der Waals surface area contributed by atoms with Crippen LogP contribution in [0.1, 0.15) is 17.8 Å². The van der Waals surface area contributed by atoms with Crippen molar-refractivity contribution in [2.24, 2.45) is 0 Å². The summed E-state index contributed by atoms with van der Waals surface area (Å²) < 4.78 is 5.69. The molecule has 0 spiro atoms. The molecule has 0 aliphatic heterocycles. The molecular weight excluding hydrogens is 330 g/mol. The van der Waals surface area contributed by atoms with Crippen molar-refractivity contribution in [1.82, 2.24) is 5.32 Å². The first-order valence-corrected chi connectivity index (χ1v) is 9.33. The van der Waals surface area contributed by atoms with Gasteiger partial charge in [0.2, 0.25) is 0 Å². The van der Waals surface area contributed by atoms with Crippen LogP contribution >= 0.6 is 11.3 Å². The molecule has 2 atom stereocenters. The number of rotatable bonds is 8. The summed E-state index contributed by atoms with van der Waals surface area (Å²) in [5.41, 5.74) is 2.33. The van der Waals surface area contributed by atoms with E-state index in [0.29, 0.717) is 6.54 Å². The summed E-state index contributed by atoms with van der Waals surface area (Å²) in [7, 11) is 0. The van der Waals surface area contributed by atoms with Gasteiger partial charge in [-0.3, -0.25) is 0 Å². The topological polar surface area (TPSA) is 41.5 Å². The van der Waals surface area contributed by atoms with Crippen LogP contribution in [-0.2, 0) is 0 Å². The minimum Gasteiger partial charge on any atom is -0.491 e. The van der Waals surface area contributed by atoms with Crippen LogP contribution in [0.5, 0.6) is 5.75 Å². The molecule has 2 N–H and O–H groups in total. The fraction of sp³-hybridized carbons (Fsp3) is 0.238. The molecule has 1 aromatic heterocycles. The predicted octanol–water partition coefficient (Wildman–Crippen LogP) is 4.51. The van der Waals surface area contributed by atoms with Crippen molar-refractivity contribution in [2.75, 3.05) is 13.2 Å². The molecule has 1 heterocycles. The normalized spacial score (nSPS) is 13.4. The lowest BCUT2D eigenvalue weighted by Crippen LogP contribution is -2.32. The summed E-state index contributed by atoms with van der Waals surface area (Å²) in [5.74, 6) is 0.769. The Morgan fingerprint density at radius 2 is 1.68 bits per heavy atom. The van der Waals surface area contributed by atoms with Gasteiger partial charge in [0.15, 0.2) is 0 Å². The van der Waals surface area contributed by atoms with Crippen LogP contribution < -0.4 is 10.1 Å². The van der Waals surface area contributed by atoms with E-state index in [1.807, 2.05) is 48.5 Å². The lowest BCUT2D eigenvalue weighted by Gasteiger charge is -2.17. The van der Waals surface area contributed by atoms with Crippen molar-refractivity contribution in [3.63, 3.8) is 0 Å². The number of nitrogens with one attached hydrogen (secondary N) is 1. The van der Waals surface area contributed by atoms with Crippen LogP contribution in [0.2, 0.25) is 0 Å². The third kappa shape index (κ3) is 5.16. The molecule has 0 radical (unpaired) electrons. The Morgan fingerprint density at radius 1 is 0.960 bits per heavy atom. The second kappa shape index (κ2) is 8.81. The highest BCUT2D eigenvalue weighted by molar-refractivity contribution is 7.10. The molecule has 25 heavy (non-hydrogen) atoms. The Hall–Kier alpha value is -2.14. The molecule has 0 bridgehead atoms. The number of aliphatic hydroxyl groups excluding tert-OH is 1. The summed E-state index contributed by atoms with van der Waals surface area (Å²) in [6.07, 6.45) is -0.545. The quantitative estimate of drug-likeness (QED) is 0.626. The average molecular weight is 353 g/mol. The first-order valence-electron chi connectivity index (χ1n) is 8.45. The monoisotopic (exact) mass is 353 g/mol. The van der Waals surface area contributed by atoms with Crippen molar-refractivity contribution in [1.29, 1.82) is 0 Å². The van der Waals surface area contributed by atoms with Crippen molar-refractivity contribution in [3.8, 4) is 16.9 Å². The largest absolute Gasteiger partial charge is 0.491 e. The molecule has 0 saturated heterocycles. The Labute approximate surface area is 152 Å². The maximum Gasteiger partial charge on any atom is 0.119 e. The smallest absolute Gasteiger partial charge is 0.119 e. The van der Waals surface area contributed by atoms with E-state index in [0.717, 1.165) is 11.3 Å². The number of hydrogen-bond acceptors (Lipinski definition) is 4. The standard InChI is InChI=1S/C21H23NO2S/c1-16(21-8-5-13-25-21)22-14-19(23)15-24-20-11-9-18(10-12-20)17-6-3-2-4-7-17/h2-13,16,19,22-23H,14-15H2,1H3. The molecule has 3 nitrogen and oxygen atoms in total. The molecule has 0 aliphatic carbocycles. The van der Waals surface area contributed by atoms with Crippen LogP contribution in [0.3, 0.4) is 0 Å². The molecular formula is C21H23NO2S. The van der Waals surface area contributed by atoms with Gasteiger partial charge in [0.1, 0.15) is 18.5 Å². The van der Waals surface area contributed by atoms with Crippen molar-refractivity contribution in [2.45, 2.75) is 19.1 Å². The number of thiophene rings is 1. The summed E-state index contributed by atoms with van der Waals surface area (Å²) in [6, 6.07) is 22.6. The zero-order valence-corrected chi connectivity index (χ0v) is 15.1. The fourth-order valence-corrected chi connectivity index (χ4v) is 3.34. The molecule has 3 aromatic rings. The molecule has 0 saturated carbocycles. The van der Waals surface area contributed by atoms with E-state index in [1.54, 1.807) is 11.3 Å². The highest BCUT2D eigenvalue weighted by Gasteiger charge is 2.10. The fourth-order valence-electron chi connectivity index (χ4n) is 2.58. The van der Waals surface area contributed by atoms with Gasteiger partial charge in [-0.2, -0.15) is 0 Å². The Kier molecular flexibility index (Phi) is 6.23. The van der Waals surface area contributed by atoms with Gasteiger partial charge < -0.3 is 15.2 Å². The van der Waals surface area contributed by atoms with Crippen LogP contribution in [0.4, 0.5) is 0 Å². The third-order valence-corrected chi connectivity index (χ3v) is 5.09. The van der Waals surface area contributed by atoms with E-state index in [1.165, 1.54) is 10.4 Å². The van der Waals surface area contributed by atoms with Crippen LogP contribution in [0, 0.1) is 0 Å². The van der Waals surface area contributed by atoms with Gasteiger partial charge in [0.25, 0.3) is 0 Å². The molecule has 130 valence electrons. The number of hydrogen-bond donors (Lipinski definition) is 2. The Balaban J connectivity index is 1.45. The second-order valence-electron chi connectivity index (χ2n) is 6.00. The van der Waals surface area contributed by atoms with Gasteiger partial charge in [0, 0.05) is 17.5 Å². The SMILES string of the molecule is CC(NCC(O)COc1ccc(-c2ccccc2)cc1)c1cccs1. The minimum absolute atomic E-state index is 0.236. The van der Waals surface area contributed by atoms with Crippen molar-refractivity contribution < 1.29 is 9.84 Å². The second-order valence-corrected chi connectivity index (χ2v) is 6.98. The average Bonchev–Trinajstić information content (AvgIpc) is 3.20. The lowest BCUT2D eigenvalue weighted by atomic mass is 10.1. The van der Waals surface area contributed by atoms with Gasteiger partial charge in [-0.15, -0.1) is 11.3 Å². The maximum atomic E-state index is 10.1. The zero-order chi connectivity index (χ0) is 17.5. The summed E-state index contributed by atoms with van der Waals surface area (Å²) in [5, 5.41) is 15.5. The van der Waals surface area contributed by atoms with E-state index in [2.05, 4.69) is 35.8 Å². The van der Waals surface area contributed by atoms with Crippen molar-refractivity contribution in [3.05, 3.63) is 77.0 Å². The highest BCUT2D eigenvalue weighted by Crippen LogP contribution is 2.22. The first kappa shape index (κ1) is 17.7. The van der Waals surface area contributed by atoms with Gasteiger partial charge in [-0.05, 0) is 41.6 Å². The zero-order valence-electron chi connectivity index (χ0n) is 14.3. The van der Waals surface area contributed by atoms with Crippen molar-refractivity contribution >= 4 is 11.3 Å². The summed E-state index contributed by atoms with van der Waals surface area (Å²) in [6.45, 7) is 2.87. The number of aliphatic hydroxyl groups is 1. The molecule has 2 aromatic carbocycles. The summed E-state index contributed by atoms with van der Waals surface area (Å²) >= 11 is 1.72. The van der Waals surface area contributed by atoms with E-state index >= 15 is 0 Å². The molecule has 4 heteroatoms. The molecule has 2 unspecified atom stereocenters. The molecule has 3 rings (SSSR count). The van der Waals surface area contributed by atoms with Gasteiger partial charge >= 0.3 is 0 Å².